The van der Waals surface area contributed by atoms with Crippen LogP contribution in [0.4, 0.5) is 0 Å². The molecular weight excluding hydrogens is 250 g/mol. The lowest BCUT2D eigenvalue weighted by Crippen LogP contribution is -2.59. The normalized spacial score (nSPS) is 46.0. The van der Waals surface area contributed by atoms with Crippen molar-refractivity contribution in [3.05, 3.63) is 12.7 Å². The van der Waals surface area contributed by atoms with Crippen LogP contribution < -0.4 is 0 Å². The highest BCUT2D eigenvalue weighted by atomic mass is 16.5. The second-order valence-corrected chi connectivity index (χ2v) is 8.36. The molecule has 4 fully saturated rings. The summed E-state index contributed by atoms with van der Waals surface area (Å²) in [5.41, 5.74) is 1.23. The molecule has 5 rings (SSSR count). The molecule has 4 aliphatic carbocycles. The molecule has 0 aliphatic heterocycles. The van der Waals surface area contributed by atoms with E-state index in [-0.39, 0.29) is 5.60 Å². The first-order valence-electron chi connectivity index (χ1n) is 7.95. The van der Waals surface area contributed by atoms with E-state index in [1.165, 1.54) is 38.5 Å². The fourth-order valence-electron chi connectivity index (χ4n) is 6.21. The third kappa shape index (κ3) is 2.09. The number of hydrogen-bond donors (Lipinski definition) is 0. The minimum Gasteiger partial charge on any atom is -0.373 e. The van der Waals surface area contributed by atoms with Gasteiger partial charge in [0.15, 0.2) is 0 Å². The highest BCUT2D eigenvalue weighted by molar-refractivity contribution is 5.11. The lowest BCUT2D eigenvalue weighted by Gasteiger charge is -2.65. The highest BCUT2D eigenvalue weighted by Gasteiger charge is 2.60. The van der Waals surface area contributed by atoms with Gasteiger partial charge in [0.05, 0.1) is 12.2 Å². The van der Waals surface area contributed by atoms with Crippen molar-refractivity contribution in [2.45, 2.75) is 64.5 Å². The van der Waals surface area contributed by atoms with Gasteiger partial charge in [0.1, 0.15) is 12.7 Å². The Morgan fingerprint density at radius 1 is 1.05 bits per heavy atom. The molecule has 0 radical (unpaired) electrons. The topological polar surface area (TPSA) is 39.9 Å². The Labute approximate surface area is 120 Å². The van der Waals surface area contributed by atoms with Crippen LogP contribution in [0.2, 0.25) is 0 Å². The number of hydrogen-bond acceptors (Lipinski definition) is 3. The average Bonchev–Trinajstić information content (AvgIpc) is 2.76. The Morgan fingerprint density at radius 3 is 2.30 bits per heavy atom. The molecule has 1 aromatic rings. The average molecular weight is 275 g/mol. The molecule has 1 aromatic heterocycles. The van der Waals surface area contributed by atoms with Crippen LogP contribution in [0.3, 0.4) is 0 Å². The van der Waals surface area contributed by atoms with Gasteiger partial charge in [-0.15, -0.1) is 10.2 Å². The van der Waals surface area contributed by atoms with Gasteiger partial charge >= 0.3 is 0 Å². The molecule has 4 heteroatoms. The molecule has 4 bridgehead atoms. The van der Waals surface area contributed by atoms with E-state index in [1.54, 1.807) is 12.7 Å². The molecule has 0 N–H and O–H groups in total. The molecule has 1 heterocycles. The molecular formula is C16H25N3O. The second kappa shape index (κ2) is 4.06. The van der Waals surface area contributed by atoms with Gasteiger partial charge in [-0.05, 0) is 55.3 Å². The maximum Gasteiger partial charge on any atom is 0.119 e. The fourth-order valence-corrected chi connectivity index (χ4v) is 6.21. The van der Waals surface area contributed by atoms with Crippen LogP contribution in [0.15, 0.2) is 12.7 Å². The SMILES string of the molecule is C[C@]12CC3CC(OCCn4cnnc4)(C1)C[C@@](C)(C3)C2. The van der Waals surface area contributed by atoms with Gasteiger partial charge in [-0.3, -0.25) is 0 Å². The van der Waals surface area contributed by atoms with E-state index in [4.69, 9.17) is 4.74 Å². The van der Waals surface area contributed by atoms with Gasteiger partial charge < -0.3 is 9.30 Å². The Kier molecular flexibility index (Phi) is 2.60. The Balaban J connectivity index is 1.47. The Hall–Kier alpha value is -0.900. The molecule has 4 saturated carbocycles. The van der Waals surface area contributed by atoms with Crippen LogP contribution in [-0.4, -0.2) is 27.0 Å². The number of rotatable bonds is 4. The maximum atomic E-state index is 6.47. The van der Waals surface area contributed by atoms with Gasteiger partial charge in [-0.2, -0.15) is 0 Å². The molecule has 110 valence electrons. The number of ether oxygens (including phenoxy) is 1. The fraction of sp³-hybridized carbons (Fsp3) is 0.875. The summed E-state index contributed by atoms with van der Waals surface area (Å²) >= 11 is 0. The van der Waals surface area contributed by atoms with Gasteiger partial charge in [0.2, 0.25) is 0 Å². The summed E-state index contributed by atoms with van der Waals surface area (Å²) in [6, 6.07) is 0. The third-order valence-electron chi connectivity index (χ3n) is 5.80. The van der Waals surface area contributed by atoms with Crippen molar-refractivity contribution in [2.75, 3.05) is 6.61 Å². The third-order valence-corrected chi connectivity index (χ3v) is 5.80. The zero-order valence-corrected chi connectivity index (χ0v) is 12.6. The molecule has 20 heavy (non-hydrogen) atoms. The summed E-state index contributed by atoms with van der Waals surface area (Å²) in [6.07, 6.45) is 11.6. The summed E-state index contributed by atoms with van der Waals surface area (Å²) in [6.45, 7) is 6.64. The predicted octanol–water partition coefficient (Wildman–Crippen LogP) is 3.04. The van der Waals surface area contributed by atoms with Crippen LogP contribution in [0, 0.1) is 16.7 Å². The number of nitrogens with zero attached hydrogens (tertiary/aromatic N) is 3. The van der Waals surface area contributed by atoms with Crippen molar-refractivity contribution in [1.29, 1.82) is 0 Å². The van der Waals surface area contributed by atoms with Crippen molar-refractivity contribution in [3.8, 4) is 0 Å². The van der Waals surface area contributed by atoms with Crippen LogP contribution in [0.25, 0.3) is 0 Å². The van der Waals surface area contributed by atoms with Crippen LogP contribution in [0.5, 0.6) is 0 Å². The van der Waals surface area contributed by atoms with Crippen molar-refractivity contribution in [2.24, 2.45) is 16.7 Å². The molecule has 4 atom stereocenters. The van der Waals surface area contributed by atoms with Crippen molar-refractivity contribution in [1.82, 2.24) is 14.8 Å². The van der Waals surface area contributed by atoms with Crippen LogP contribution in [0.1, 0.15) is 52.4 Å². The summed E-state index contributed by atoms with van der Waals surface area (Å²) in [5, 5.41) is 7.69. The standard InChI is InChI=1S/C16H25N3O/c1-14-5-13-6-15(2,8-14)10-16(7-13,9-14)20-4-3-19-11-17-18-12-19/h11-13H,3-10H2,1-2H3/t13?,14-,15+,16?. The Morgan fingerprint density at radius 2 is 1.70 bits per heavy atom. The summed E-state index contributed by atoms with van der Waals surface area (Å²) in [7, 11) is 0. The van der Waals surface area contributed by atoms with Crippen LogP contribution >= 0.6 is 0 Å². The van der Waals surface area contributed by atoms with Gasteiger partial charge in [-0.25, -0.2) is 0 Å². The van der Waals surface area contributed by atoms with Crippen LogP contribution in [-0.2, 0) is 11.3 Å². The van der Waals surface area contributed by atoms with Gasteiger partial charge in [0, 0.05) is 6.54 Å². The monoisotopic (exact) mass is 275 g/mol. The van der Waals surface area contributed by atoms with E-state index < -0.39 is 0 Å². The molecule has 0 spiro atoms. The zero-order chi connectivity index (χ0) is 13.8. The van der Waals surface area contributed by atoms with E-state index in [0.717, 1.165) is 19.1 Å². The summed E-state index contributed by atoms with van der Waals surface area (Å²) in [4.78, 5) is 0. The first kappa shape index (κ1) is 12.8. The van der Waals surface area contributed by atoms with E-state index >= 15 is 0 Å². The first-order chi connectivity index (χ1) is 9.49. The van der Waals surface area contributed by atoms with Crippen molar-refractivity contribution in [3.63, 3.8) is 0 Å². The maximum absolute atomic E-state index is 6.47. The molecule has 4 aliphatic rings. The minimum atomic E-state index is 0.164. The molecule has 0 saturated heterocycles. The molecule has 0 aromatic carbocycles. The van der Waals surface area contributed by atoms with E-state index in [9.17, 15) is 0 Å². The molecule has 0 amide bonds. The predicted molar refractivity (Wildman–Crippen MR) is 76.1 cm³/mol. The Bertz CT molecular complexity index is 480. The molecule has 4 nitrogen and oxygen atoms in total. The van der Waals surface area contributed by atoms with Crippen molar-refractivity contribution >= 4 is 0 Å². The summed E-state index contributed by atoms with van der Waals surface area (Å²) in [5.74, 6) is 0.899. The number of aromatic nitrogens is 3. The quantitative estimate of drug-likeness (QED) is 0.848. The minimum absolute atomic E-state index is 0.164. The van der Waals surface area contributed by atoms with E-state index in [1.807, 2.05) is 4.57 Å². The zero-order valence-electron chi connectivity index (χ0n) is 12.6. The highest BCUT2D eigenvalue weighted by Crippen LogP contribution is 2.67. The van der Waals surface area contributed by atoms with E-state index in [2.05, 4.69) is 24.0 Å². The van der Waals surface area contributed by atoms with Gasteiger partial charge in [0.25, 0.3) is 0 Å². The van der Waals surface area contributed by atoms with Crippen molar-refractivity contribution < 1.29 is 4.74 Å². The summed E-state index contributed by atoms with van der Waals surface area (Å²) < 4.78 is 8.47. The first-order valence-corrected chi connectivity index (χ1v) is 7.95. The lowest BCUT2D eigenvalue weighted by molar-refractivity contribution is -0.215. The molecule has 2 unspecified atom stereocenters. The second-order valence-electron chi connectivity index (χ2n) is 8.36. The lowest BCUT2D eigenvalue weighted by atomic mass is 9.43. The van der Waals surface area contributed by atoms with Gasteiger partial charge in [-0.1, -0.05) is 13.8 Å². The largest absolute Gasteiger partial charge is 0.373 e. The van der Waals surface area contributed by atoms with E-state index in [0.29, 0.717) is 10.8 Å². The smallest absolute Gasteiger partial charge is 0.119 e.